The van der Waals surface area contributed by atoms with E-state index >= 15 is 0 Å². The highest BCUT2D eigenvalue weighted by molar-refractivity contribution is 9.11. The van der Waals surface area contributed by atoms with Crippen LogP contribution in [0.5, 0.6) is 0 Å². The second-order valence-electron chi connectivity index (χ2n) is 2.57. The van der Waals surface area contributed by atoms with Crippen LogP contribution in [0, 0.1) is 0 Å². The third kappa shape index (κ3) is 3.70. The SMILES string of the molecule is C=C(Br)CNC(=S)c1ccccc1. The Morgan fingerprint density at radius 3 is 2.54 bits per heavy atom. The van der Waals surface area contributed by atoms with Crippen LogP contribution in [0.2, 0.25) is 0 Å². The molecule has 0 radical (unpaired) electrons. The molecule has 0 aliphatic carbocycles. The molecule has 0 amide bonds. The van der Waals surface area contributed by atoms with Crippen molar-refractivity contribution < 1.29 is 0 Å². The minimum absolute atomic E-state index is 0.660. The summed E-state index contributed by atoms with van der Waals surface area (Å²) >= 11 is 8.42. The van der Waals surface area contributed by atoms with Crippen LogP contribution in [0.15, 0.2) is 41.4 Å². The predicted octanol–water partition coefficient (Wildman–Crippen LogP) is 2.86. The molecule has 0 saturated heterocycles. The molecule has 0 aliphatic rings. The lowest BCUT2D eigenvalue weighted by atomic mass is 10.2. The Bertz CT molecular complexity index is 308. The van der Waals surface area contributed by atoms with Crippen molar-refractivity contribution in [3.8, 4) is 0 Å². The molecule has 1 nitrogen and oxygen atoms in total. The van der Waals surface area contributed by atoms with Gasteiger partial charge in [0.2, 0.25) is 0 Å². The standard InChI is InChI=1S/C10H10BrNS/c1-8(11)7-12-10(13)9-5-3-2-4-6-9/h2-6H,1,7H2,(H,12,13). The quantitative estimate of drug-likeness (QED) is 0.834. The van der Waals surface area contributed by atoms with E-state index in [4.69, 9.17) is 12.2 Å². The van der Waals surface area contributed by atoms with E-state index in [-0.39, 0.29) is 0 Å². The number of hydrogen-bond donors (Lipinski definition) is 1. The number of halogens is 1. The average molecular weight is 256 g/mol. The first kappa shape index (κ1) is 10.4. The predicted molar refractivity (Wildman–Crippen MR) is 64.2 cm³/mol. The summed E-state index contributed by atoms with van der Waals surface area (Å²) in [5.41, 5.74) is 1.03. The van der Waals surface area contributed by atoms with Gasteiger partial charge in [-0.1, -0.05) is 65.1 Å². The summed E-state index contributed by atoms with van der Waals surface area (Å²) in [6.45, 7) is 4.38. The van der Waals surface area contributed by atoms with E-state index in [0.717, 1.165) is 15.0 Å². The molecule has 1 aromatic carbocycles. The molecule has 1 N–H and O–H groups in total. The van der Waals surface area contributed by atoms with Gasteiger partial charge in [-0.3, -0.25) is 0 Å². The zero-order valence-electron chi connectivity index (χ0n) is 7.09. The normalized spacial score (nSPS) is 9.31. The van der Waals surface area contributed by atoms with Gasteiger partial charge in [0.05, 0.1) is 0 Å². The minimum atomic E-state index is 0.660. The highest BCUT2D eigenvalue weighted by atomic mass is 79.9. The molecular formula is C10H10BrNS. The smallest absolute Gasteiger partial charge is 0.106 e. The molecule has 0 aromatic heterocycles. The topological polar surface area (TPSA) is 12.0 Å². The number of rotatable bonds is 3. The molecule has 0 atom stereocenters. The Labute approximate surface area is 92.0 Å². The molecule has 1 rings (SSSR count). The van der Waals surface area contributed by atoms with Gasteiger partial charge in [0, 0.05) is 16.6 Å². The molecule has 0 spiro atoms. The van der Waals surface area contributed by atoms with Crippen LogP contribution in [0.25, 0.3) is 0 Å². The summed E-state index contributed by atoms with van der Waals surface area (Å²) in [6, 6.07) is 9.85. The van der Waals surface area contributed by atoms with E-state index in [9.17, 15) is 0 Å². The first-order valence-electron chi connectivity index (χ1n) is 3.86. The van der Waals surface area contributed by atoms with E-state index in [1.807, 2.05) is 30.3 Å². The minimum Gasteiger partial charge on any atom is -0.371 e. The molecule has 0 bridgehead atoms. The average Bonchev–Trinajstić information content (AvgIpc) is 2.15. The van der Waals surface area contributed by atoms with Crippen LogP contribution >= 0.6 is 28.1 Å². The van der Waals surface area contributed by atoms with Gasteiger partial charge in [0.1, 0.15) is 4.99 Å². The van der Waals surface area contributed by atoms with Crippen molar-refractivity contribution in [1.82, 2.24) is 5.32 Å². The van der Waals surface area contributed by atoms with Gasteiger partial charge in [0.25, 0.3) is 0 Å². The number of thiocarbonyl (C=S) groups is 1. The number of nitrogens with one attached hydrogen (secondary N) is 1. The van der Waals surface area contributed by atoms with Gasteiger partial charge in [-0.15, -0.1) is 0 Å². The monoisotopic (exact) mass is 255 g/mol. The molecular weight excluding hydrogens is 246 g/mol. The maximum atomic E-state index is 5.17. The Morgan fingerprint density at radius 2 is 2.00 bits per heavy atom. The van der Waals surface area contributed by atoms with Crippen LogP contribution in [0.4, 0.5) is 0 Å². The molecule has 13 heavy (non-hydrogen) atoms. The lowest BCUT2D eigenvalue weighted by Crippen LogP contribution is -2.23. The van der Waals surface area contributed by atoms with Crippen LogP contribution in [-0.4, -0.2) is 11.5 Å². The van der Waals surface area contributed by atoms with Crippen molar-refractivity contribution >= 4 is 33.1 Å². The molecule has 0 heterocycles. The summed E-state index contributed by atoms with van der Waals surface area (Å²) in [5.74, 6) is 0. The van der Waals surface area contributed by atoms with Gasteiger partial charge in [0.15, 0.2) is 0 Å². The maximum Gasteiger partial charge on any atom is 0.106 e. The second kappa shape index (κ2) is 5.14. The third-order valence-electron chi connectivity index (χ3n) is 1.48. The first-order valence-corrected chi connectivity index (χ1v) is 5.07. The van der Waals surface area contributed by atoms with Gasteiger partial charge in [-0.25, -0.2) is 0 Å². The molecule has 0 unspecified atom stereocenters. The van der Waals surface area contributed by atoms with Gasteiger partial charge >= 0.3 is 0 Å². The van der Waals surface area contributed by atoms with Crippen molar-refractivity contribution in [1.29, 1.82) is 0 Å². The van der Waals surface area contributed by atoms with Crippen LogP contribution in [0.3, 0.4) is 0 Å². The Hall–Kier alpha value is -0.670. The molecule has 3 heteroatoms. The highest BCUT2D eigenvalue weighted by Gasteiger charge is 1.98. The van der Waals surface area contributed by atoms with E-state index in [1.54, 1.807) is 0 Å². The van der Waals surface area contributed by atoms with Crippen LogP contribution in [0.1, 0.15) is 5.56 Å². The maximum absolute atomic E-state index is 5.17. The van der Waals surface area contributed by atoms with Gasteiger partial charge in [-0.05, 0) is 0 Å². The van der Waals surface area contributed by atoms with Crippen molar-refractivity contribution in [2.45, 2.75) is 0 Å². The fraction of sp³-hybridized carbons (Fsp3) is 0.100. The largest absolute Gasteiger partial charge is 0.371 e. The number of benzene rings is 1. The zero-order chi connectivity index (χ0) is 9.68. The molecule has 0 saturated carbocycles. The number of hydrogen-bond acceptors (Lipinski definition) is 1. The summed E-state index contributed by atoms with van der Waals surface area (Å²) in [6.07, 6.45) is 0. The summed E-state index contributed by atoms with van der Waals surface area (Å²) < 4.78 is 0.894. The van der Waals surface area contributed by atoms with Crippen LogP contribution in [-0.2, 0) is 0 Å². The lowest BCUT2D eigenvalue weighted by molar-refractivity contribution is 1.06. The molecule has 0 fully saturated rings. The van der Waals surface area contributed by atoms with E-state index in [2.05, 4.69) is 27.8 Å². The Kier molecular flexibility index (Phi) is 4.12. The zero-order valence-corrected chi connectivity index (χ0v) is 9.49. The Morgan fingerprint density at radius 1 is 1.38 bits per heavy atom. The fourth-order valence-electron chi connectivity index (χ4n) is 0.868. The molecule has 68 valence electrons. The van der Waals surface area contributed by atoms with E-state index < -0.39 is 0 Å². The van der Waals surface area contributed by atoms with E-state index in [1.165, 1.54) is 0 Å². The van der Waals surface area contributed by atoms with Gasteiger partial charge in [-0.2, -0.15) is 0 Å². The first-order chi connectivity index (χ1) is 6.20. The summed E-state index contributed by atoms with van der Waals surface area (Å²) in [4.78, 5) is 0.751. The lowest BCUT2D eigenvalue weighted by Gasteiger charge is -2.06. The van der Waals surface area contributed by atoms with Crippen molar-refractivity contribution in [2.75, 3.05) is 6.54 Å². The van der Waals surface area contributed by atoms with Crippen molar-refractivity contribution in [2.24, 2.45) is 0 Å². The fourth-order valence-corrected chi connectivity index (χ4v) is 1.22. The van der Waals surface area contributed by atoms with E-state index in [0.29, 0.717) is 6.54 Å². The summed E-state index contributed by atoms with van der Waals surface area (Å²) in [5, 5.41) is 3.08. The van der Waals surface area contributed by atoms with Crippen molar-refractivity contribution in [3.05, 3.63) is 47.0 Å². The third-order valence-corrected chi connectivity index (χ3v) is 2.14. The Balaban J connectivity index is 2.54. The summed E-state index contributed by atoms with van der Waals surface area (Å²) in [7, 11) is 0. The second-order valence-corrected chi connectivity index (χ2v) is 4.10. The highest BCUT2D eigenvalue weighted by Crippen LogP contribution is 2.01. The van der Waals surface area contributed by atoms with Gasteiger partial charge < -0.3 is 5.32 Å². The van der Waals surface area contributed by atoms with Crippen molar-refractivity contribution in [3.63, 3.8) is 0 Å². The molecule has 1 aromatic rings. The molecule has 0 aliphatic heterocycles. The van der Waals surface area contributed by atoms with Crippen LogP contribution < -0.4 is 5.32 Å².